The third-order valence-corrected chi connectivity index (χ3v) is 9.04. The van der Waals surface area contributed by atoms with Crippen LogP contribution in [0.15, 0.2) is 29.2 Å². The van der Waals surface area contributed by atoms with Crippen LogP contribution in [0.5, 0.6) is 0 Å². The summed E-state index contributed by atoms with van der Waals surface area (Å²) in [7, 11) is -3.57. The first-order chi connectivity index (χ1) is 15.4. The van der Waals surface area contributed by atoms with E-state index < -0.39 is 10.0 Å². The summed E-state index contributed by atoms with van der Waals surface area (Å²) in [6.45, 7) is 2.42. The number of benzene rings is 1. The van der Waals surface area contributed by atoms with Crippen molar-refractivity contribution in [2.24, 2.45) is 5.92 Å². The van der Waals surface area contributed by atoms with Crippen molar-refractivity contribution in [1.82, 2.24) is 14.5 Å². The molecule has 3 fully saturated rings. The number of hydrogen-bond acceptors (Lipinski definition) is 4. The van der Waals surface area contributed by atoms with Gasteiger partial charge < -0.3 is 10.2 Å². The molecule has 1 N–H and O–H groups in total. The van der Waals surface area contributed by atoms with Gasteiger partial charge in [-0.3, -0.25) is 9.59 Å². The molecule has 1 aromatic carbocycles. The molecular formula is C24H35N3O4S. The molecule has 0 atom stereocenters. The van der Waals surface area contributed by atoms with E-state index in [-0.39, 0.29) is 28.7 Å². The minimum absolute atomic E-state index is 0.000244. The summed E-state index contributed by atoms with van der Waals surface area (Å²) in [4.78, 5) is 27.7. The summed E-state index contributed by atoms with van der Waals surface area (Å²) in [6.07, 6.45) is 9.82. The number of nitrogens with zero attached hydrogens (tertiary/aromatic N) is 2. The fourth-order valence-corrected chi connectivity index (χ4v) is 6.74. The topological polar surface area (TPSA) is 86.8 Å². The van der Waals surface area contributed by atoms with Gasteiger partial charge in [0.25, 0.3) is 5.91 Å². The Hall–Kier alpha value is -1.93. The summed E-state index contributed by atoms with van der Waals surface area (Å²) in [5.74, 6) is 0.210. The van der Waals surface area contributed by atoms with Crippen LogP contribution in [0.25, 0.3) is 0 Å². The van der Waals surface area contributed by atoms with Gasteiger partial charge in [0, 0.05) is 43.7 Å². The zero-order chi connectivity index (χ0) is 22.6. The molecule has 0 spiro atoms. The van der Waals surface area contributed by atoms with Gasteiger partial charge in [0.2, 0.25) is 15.9 Å². The van der Waals surface area contributed by atoms with Gasteiger partial charge in [0.1, 0.15) is 0 Å². The molecule has 0 bridgehead atoms. The van der Waals surface area contributed by atoms with Crippen LogP contribution >= 0.6 is 0 Å². The van der Waals surface area contributed by atoms with Gasteiger partial charge in [-0.25, -0.2) is 8.42 Å². The van der Waals surface area contributed by atoms with Crippen LogP contribution in [0.1, 0.15) is 74.6 Å². The lowest BCUT2D eigenvalue weighted by Crippen LogP contribution is -2.48. The van der Waals surface area contributed by atoms with Gasteiger partial charge in [-0.1, -0.05) is 31.7 Å². The zero-order valence-corrected chi connectivity index (χ0v) is 19.6. The second kappa shape index (κ2) is 10.3. The Morgan fingerprint density at radius 3 is 2.19 bits per heavy atom. The highest BCUT2D eigenvalue weighted by atomic mass is 32.2. The van der Waals surface area contributed by atoms with Crippen molar-refractivity contribution < 1.29 is 18.0 Å². The molecule has 1 aliphatic carbocycles. The monoisotopic (exact) mass is 461 g/mol. The standard InChI is InChI=1S/C24H35N3O4S/c28-23(20-10-7-11-22(18-20)32(30,31)27-14-5-2-6-15-27)25-21-12-16-26(17-13-21)24(29)19-8-3-1-4-9-19/h7,10-11,18-19,21H,1-6,8-9,12-17H2,(H,25,28). The molecule has 8 heteroatoms. The number of piperidine rings is 2. The van der Waals surface area contributed by atoms with Crippen LogP contribution in [0.2, 0.25) is 0 Å². The van der Waals surface area contributed by atoms with Gasteiger partial charge in [-0.05, 0) is 56.7 Å². The normalized spacial score (nSPS) is 21.9. The fraction of sp³-hybridized carbons (Fsp3) is 0.667. The molecule has 1 saturated carbocycles. The Bertz CT molecular complexity index is 913. The van der Waals surface area contributed by atoms with Gasteiger partial charge in [-0.15, -0.1) is 0 Å². The van der Waals surface area contributed by atoms with E-state index in [2.05, 4.69) is 5.32 Å². The van der Waals surface area contributed by atoms with E-state index in [9.17, 15) is 18.0 Å². The SMILES string of the molecule is O=C(NC1CCN(C(=O)C2CCCCC2)CC1)c1cccc(S(=O)(=O)N2CCCCC2)c1. The number of carbonyl (C=O) groups excluding carboxylic acids is 2. The number of nitrogens with one attached hydrogen (secondary N) is 1. The third-order valence-electron chi connectivity index (χ3n) is 7.15. The Kier molecular flexibility index (Phi) is 7.51. The van der Waals surface area contributed by atoms with Crippen LogP contribution in [0.4, 0.5) is 0 Å². The summed E-state index contributed by atoms with van der Waals surface area (Å²) in [5, 5.41) is 3.05. The maximum Gasteiger partial charge on any atom is 0.251 e. The lowest BCUT2D eigenvalue weighted by Gasteiger charge is -2.35. The third kappa shape index (κ3) is 5.34. The molecule has 0 unspecified atom stereocenters. The quantitative estimate of drug-likeness (QED) is 0.730. The van der Waals surface area contributed by atoms with E-state index in [1.165, 1.54) is 16.8 Å². The van der Waals surface area contributed by atoms with Crippen molar-refractivity contribution >= 4 is 21.8 Å². The first kappa shape index (κ1) is 23.2. The van der Waals surface area contributed by atoms with Crippen LogP contribution < -0.4 is 5.32 Å². The minimum atomic E-state index is -3.57. The Morgan fingerprint density at radius 2 is 1.50 bits per heavy atom. The molecule has 1 aromatic rings. The molecule has 7 nitrogen and oxygen atoms in total. The van der Waals surface area contributed by atoms with E-state index in [4.69, 9.17) is 0 Å². The maximum atomic E-state index is 12.9. The van der Waals surface area contributed by atoms with Gasteiger partial charge >= 0.3 is 0 Å². The molecule has 0 aromatic heterocycles. The smallest absolute Gasteiger partial charge is 0.251 e. The predicted molar refractivity (Wildman–Crippen MR) is 123 cm³/mol. The van der Waals surface area contributed by atoms with Crippen molar-refractivity contribution in [2.45, 2.75) is 75.1 Å². The van der Waals surface area contributed by atoms with Crippen LogP contribution in [0.3, 0.4) is 0 Å². The highest BCUT2D eigenvalue weighted by Gasteiger charge is 2.30. The van der Waals surface area contributed by atoms with Crippen LogP contribution in [-0.2, 0) is 14.8 Å². The summed E-state index contributed by atoms with van der Waals surface area (Å²) in [6, 6.07) is 6.35. The van der Waals surface area contributed by atoms with Crippen molar-refractivity contribution in [2.75, 3.05) is 26.2 Å². The highest BCUT2D eigenvalue weighted by molar-refractivity contribution is 7.89. The average molecular weight is 462 g/mol. The molecule has 2 aliphatic heterocycles. The number of carbonyl (C=O) groups is 2. The molecule has 2 amide bonds. The summed E-state index contributed by atoms with van der Waals surface area (Å²) in [5.41, 5.74) is 0.365. The van der Waals surface area contributed by atoms with Crippen molar-refractivity contribution in [3.8, 4) is 0 Å². The second-order valence-electron chi connectivity index (χ2n) is 9.40. The van der Waals surface area contributed by atoms with E-state index in [0.29, 0.717) is 31.7 Å². The number of amides is 2. The molecule has 2 saturated heterocycles. The Morgan fingerprint density at radius 1 is 0.844 bits per heavy atom. The molecule has 4 rings (SSSR count). The molecule has 3 aliphatic rings. The summed E-state index contributed by atoms with van der Waals surface area (Å²) < 4.78 is 27.4. The first-order valence-corrected chi connectivity index (χ1v) is 13.6. The number of likely N-dealkylation sites (tertiary alicyclic amines) is 1. The van der Waals surface area contributed by atoms with E-state index in [1.54, 1.807) is 18.2 Å². The summed E-state index contributed by atoms with van der Waals surface area (Å²) >= 11 is 0. The molecular weight excluding hydrogens is 426 g/mol. The van der Waals surface area contributed by atoms with E-state index in [0.717, 1.165) is 57.8 Å². The van der Waals surface area contributed by atoms with Gasteiger partial charge in [0.05, 0.1) is 4.90 Å². The zero-order valence-electron chi connectivity index (χ0n) is 18.8. The van der Waals surface area contributed by atoms with Gasteiger partial charge in [0.15, 0.2) is 0 Å². The first-order valence-electron chi connectivity index (χ1n) is 12.1. The van der Waals surface area contributed by atoms with Crippen LogP contribution in [0, 0.1) is 5.92 Å². The molecule has 2 heterocycles. The minimum Gasteiger partial charge on any atom is -0.349 e. The largest absolute Gasteiger partial charge is 0.349 e. The van der Waals surface area contributed by atoms with Crippen molar-refractivity contribution in [3.05, 3.63) is 29.8 Å². The maximum absolute atomic E-state index is 12.9. The number of sulfonamides is 1. The molecule has 32 heavy (non-hydrogen) atoms. The Labute approximate surface area is 191 Å². The average Bonchev–Trinajstić information content (AvgIpc) is 2.85. The fourth-order valence-electron chi connectivity index (χ4n) is 5.17. The van der Waals surface area contributed by atoms with E-state index >= 15 is 0 Å². The van der Waals surface area contributed by atoms with Gasteiger partial charge in [-0.2, -0.15) is 4.31 Å². The van der Waals surface area contributed by atoms with Crippen LogP contribution in [-0.4, -0.2) is 61.7 Å². The Balaban J connectivity index is 1.33. The van der Waals surface area contributed by atoms with Crippen molar-refractivity contribution in [1.29, 1.82) is 0 Å². The molecule has 0 radical (unpaired) electrons. The number of hydrogen-bond donors (Lipinski definition) is 1. The lowest BCUT2D eigenvalue weighted by atomic mass is 9.87. The number of rotatable bonds is 5. The highest BCUT2D eigenvalue weighted by Crippen LogP contribution is 2.27. The lowest BCUT2D eigenvalue weighted by molar-refractivity contribution is -0.137. The van der Waals surface area contributed by atoms with Crippen molar-refractivity contribution in [3.63, 3.8) is 0 Å². The van der Waals surface area contributed by atoms with E-state index in [1.807, 2.05) is 4.90 Å². The second-order valence-corrected chi connectivity index (χ2v) is 11.3. The predicted octanol–water partition coefficient (Wildman–Crippen LogP) is 3.16. The molecule has 176 valence electrons.